The number of anilines is 2. The fourth-order valence-corrected chi connectivity index (χ4v) is 4.52. The van der Waals surface area contributed by atoms with Crippen LogP contribution in [0.2, 0.25) is 0 Å². The minimum Gasteiger partial charge on any atom is -0.453 e. The number of rotatable bonds is 4. The zero-order valence-corrected chi connectivity index (χ0v) is 19.0. The number of nitrogens with one attached hydrogen (secondary N) is 3. The van der Waals surface area contributed by atoms with Crippen LogP contribution in [-0.4, -0.2) is 45.4 Å². The molecule has 2 aromatic heterocycles. The summed E-state index contributed by atoms with van der Waals surface area (Å²) in [6, 6.07) is 3.02. The van der Waals surface area contributed by atoms with E-state index in [-0.39, 0.29) is 23.2 Å². The predicted molar refractivity (Wildman–Crippen MR) is 120 cm³/mol. The van der Waals surface area contributed by atoms with Crippen LogP contribution < -0.4 is 10.6 Å². The van der Waals surface area contributed by atoms with Crippen LogP contribution >= 0.6 is 15.9 Å². The lowest BCUT2D eigenvalue weighted by Gasteiger charge is -2.26. The second kappa shape index (κ2) is 9.18. The highest BCUT2D eigenvalue weighted by atomic mass is 79.9. The first-order valence-corrected chi connectivity index (χ1v) is 11.0. The lowest BCUT2D eigenvalue weighted by molar-refractivity contribution is -0.137. The Morgan fingerprint density at radius 2 is 2.12 bits per heavy atom. The highest BCUT2D eigenvalue weighted by Gasteiger charge is 2.36. The van der Waals surface area contributed by atoms with Crippen molar-refractivity contribution < 1.29 is 27.8 Å². The number of aliphatic hydroxyl groups excluding tert-OH is 1. The Morgan fingerprint density at radius 1 is 1.33 bits per heavy atom. The molecule has 12 heteroatoms. The number of H-pyrrole nitrogens is 1. The van der Waals surface area contributed by atoms with Crippen molar-refractivity contribution >= 4 is 44.6 Å². The summed E-state index contributed by atoms with van der Waals surface area (Å²) in [7, 11) is 1.22. The molecule has 4 rings (SSSR count). The summed E-state index contributed by atoms with van der Waals surface area (Å²) in [6.07, 6.45) is -0.831. The molecule has 3 aromatic rings. The van der Waals surface area contributed by atoms with Gasteiger partial charge in [0, 0.05) is 29.4 Å². The van der Waals surface area contributed by atoms with Crippen LogP contribution in [0.15, 0.2) is 29.0 Å². The number of nitrogens with zero attached hydrogens (tertiary/aromatic N) is 2. The van der Waals surface area contributed by atoms with Gasteiger partial charge >= 0.3 is 12.3 Å². The Bertz CT molecular complexity index is 1180. The summed E-state index contributed by atoms with van der Waals surface area (Å²) < 4.78 is 46.4. The van der Waals surface area contributed by atoms with Crippen LogP contribution in [0.25, 0.3) is 22.2 Å². The maximum atomic E-state index is 13.8. The van der Waals surface area contributed by atoms with Gasteiger partial charge in [0.2, 0.25) is 5.95 Å². The van der Waals surface area contributed by atoms with E-state index in [4.69, 9.17) is 0 Å². The quantitative estimate of drug-likeness (QED) is 0.366. The number of carbonyl (C=O) groups excluding carboxylic acids is 1. The monoisotopic (exact) mass is 527 g/mol. The van der Waals surface area contributed by atoms with Gasteiger partial charge < -0.3 is 20.1 Å². The van der Waals surface area contributed by atoms with Crippen LogP contribution in [-0.2, 0) is 10.9 Å². The number of fused-ring (bicyclic) bond motifs is 1. The number of aromatic nitrogens is 3. The van der Waals surface area contributed by atoms with Crippen LogP contribution in [0.3, 0.4) is 0 Å². The van der Waals surface area contributed by atoms with Gasteiger partial charge in [-0.1, -0.05) is 6.07 Å². The summed E-state index contributed by atoms with van der Waals surface area (Å²) in [5.41, 5.74) is -0.138. The number of alkyl halides is 3. The third-order valence-corrected chi connectivity index (χ3v) is 6.37. The van der Waals surface area contributed by atoms with Gasteiger partial charge in [-0.25, -0.2) is 14.8 Å². The molecule has 1 aliphatic carbocycles. The number of aromatic amines is 1. The summed E-state index contributed by atoms with van der Waals surface area (Å²) in [4.78, 5) is 22.6. The first kappa shape index (κ1) is 23.3. The molecule has 1 fully saturated rings. The van der Waals surface area contributed by atoms with Gasteiger partial charge in [-0.3, -0.25) is 5.32 Å². The van der Waals surface area contributed by atoms with Crippen LogP contribution in [0.5, 0.6) is 0 Å². The van der Waals surface area contributed by atoms with E-state index in [9.17, 15) is 23.1 Å². The molecular weight excluding hydrogens is 507 g/mol. The van der Waals surface area contributed by atoms with E-state index in [0.717, 1.165) is 19.0 Å². The van der Waals surface area contributed by atoms with Crippen molar-refractivity contribution in [1.29, 1.82) is 0 Å². The molecule has 1 saturated carbocycles. The number of hydrogen-bond donors (Lipinski definition) is 4. The fourth-order valence-electron chi connectivity index (χ4n) is 3.96. The van der Waals surface area contributed by atoms with E-state index in [1.807, 2.05) is 0 Å². The Hall–Kier alpha value is -2.86. The van der Waals surface area contributed by atoms with Crippen molar-refractivity contribution in [3.05, 3.63) is 34.6 Å². The number of halogens is 4. The first-order valence-electron chi connectivity index (χ1n) is 10.2. The van der Waals surface area contributed by atoms with Gasteiger partial charge in [0.15, 0.2) is 0 Å². The zero-order valence-electron chi connectivity index (χ0n) is 17.5. The maximum Gasteiger partial charge on any atom is 0.419 e. The molecule has 0 saturated heterocycles. The number of hydrogen-bond acceptors (Lipinski definition) is 6. The smallest absolute Gasteiger partial charge is 0.419 e. The Kier molecular flexibility index (Phi) is 6.48. The topological polar surface area (TPSA) is 112 Å². The molecule has 0 spiro atoms. The molecule has 4 N–H and O–H groups in total. The van der Waals surface area contributed by atoms with Gasteiger partial charge in [0.25, 0.3) is 0 Å². The molecular formula is C21H21BrF3N5O3. The summed E-state index contributed by atoms with van der Waals surface area (Å²) in [5, 5.41) is 15.9. The standard InChI is InChI=1S/C21H21BrF3N5O3/c1-33-20(32)29-15-6-5-12-13(8-26-18(12)16(15)22)17-14(21(23,24)25)9-27-19(30-17)28-10-3-2-4-11(31)7-10/h5-6,8-11,26,31H,2-4,7H2,1H3,(H,29,32)(H,27,28,30)/t10-,11+/m0/s1. The third-order valence-electron chi connectivity index (χ3n) is 5.54. The van der Waals surface area contributed by atoms with E-state index < -0.39 is 23.9 Å². The minimum absolute atomic E-state index is 0.0643. The van der Waals surface area contributed by atoms with Crippen molar-refractivity contribution in [2.75, 3.05) is 17.7 Å². The highest BCUT2D eigenvalue weighted by Crippen LogP contribution is 2.41. The van der Waals surface area contributed by atoms with Crippen molar-refractivity contribution in [1.82, 2.24) is 15.0 Å². The molecule has 1 aromatic carbocycles. The molecule has 0 aliphatic heterocycles. The Labute approximate surface area is 195 Å². The second-order valence-corrected chi connectivity index (χ2v) is 8.58. The molecule has 0 unspecified atom stereocenters. The van der Waals surface area contributed by atoms with Gasteiger partial charge in [0.05, 0.1) is 34.6 Å². The first-order chi connectivity index (χ1) is 15.7. The average Bonchev–Trinajstić information content (AvgIpc) is 3.19. The van der Waals surface area contributed by atoms with Gasteiger partial charge in [-0.2, -0.15) is 13.2 Å². The van der Waals surface area contributed by atoms with E-state index in [1.54, 1.807) is 12.1 Å². The number of ether oxygens (including phenoxy) is 1. The average molecular weight is 528 g/mol. The molecule has 0 bridgehead atoms. The molecule has 1 aliphatic rings. The van der Waals surface area contributed by atoms with Crippen LogP contribution in [0, 0.1) is 0 Å². The molecule has 176 valence electrons. The molecule has 1 amide bonds. The zero-order chi connectivity index (χ0) is 23.8. The fraction of sp³-hybridized carbons (Fsp3) is 0.381. The van der Waals surface area contributed by atoms with Crippen molar-refractivity contribution in [3.8, 4) is 11.3 Å². The minimum atomic E-state index is -4.66. The van der Waals surface area contributed by atoms with E-state index >= 15 is 0 Å². The number of benzene rings is 1. The summed E-state index contributed by atoms with van der Waals surface area (Å²) in [5.74, 6) is 0.0643. The predicted octanol–water partition coefficient (Wildman–Crippen LogP) is 5.30. The third kappa shape index (κ3) is 4.91. The second-order valence-electron chi connectivity index (χ2n) is 7.78. The summed E-state index contributed by atoms with van der Waals surface area (Å²) in [6.45, 7) is 0. The molecule has 0 radical (unpaired) electrons. The SMILES string of the molecule is COC(=O)Nc1ccc2c(-c3nc(N[C@H]4CCC[C@@H](O)C4)ncc3C(F)(F)F)c[nH]c2c1Br. The van der Waals surface area contributed by atoms with Crippen molar-refractivity contribution in [2.45, 2.75) is 44.0 Å². The van der Waals surface area contributed by atoms with E-state index in [2.05, 4.69) is 46.3 Å². The molecule has 2 heterocycles. The lowest BCUT2D eigenvalue weighted by atomic mass is 9.93. The van der Waals surface area contributed by atoms with Gasteiger partial charge in [0.1, 0.15) is 5.56 Å². The van der Waals surface area contributed by atoms with Gasteiger partial charge in [-0.15, -0.1) is 0 Å². The van der Waals surface area contributed by atoms with Crippen LogP contribution in [0.1, 0.15) is 31.2 Å². The number of aliphatic hydroxyl groups is 1. The Morgan fingerprint density at radius 3 is 2.82 bits per heavy atom. The van der Waals surface area contributed by atoms with Crippen LogP contribution in [0.4, 0.5) is 29.6 Å². The Balaban J connectivity index is 1.76. The van der Waals surface area contributed by atoms with E-state index in [1.165, 1.54) is 13.3 Å². The van der Waals surface area contributed by atoms with Gasteiger partial charge in [-0.05, 0) is 47.7 Å². The highest BCUT2D eigenvalue weighted by molar-refractivity contribution is 9.10. The lowest BCUT2D eigenvalue weighted by Crippen LogP contribution is -2.30. The molecule has 2 atom stereocenters. The molecule has 8 nitrogen and oxygen atoms in total. The molecule has 33 heavy (non-hydrogen) atoms. The number of carbonyl (C=O) groups is 1. The normalized spacial score (nSPS) is 18.8. The largest absolute Gasteiger partial charge is 0.453 e. The maximum absolute atomic E-state index is 13.8. The number of methoxy groups -OCH3 is 1. The summed E-state index contributed by atoms with van der Waals surface area (Å²) >= 11 is 3.38. The number of amides is 1. The van der Waals surface area contributed by atoms with Crippen molar-refractivity contribution in [3.63, 3.8) is 0 Å². The van der Waals surface area contributed by atoms with Crippen molar-refractivity contribution in [2.24, 2.45) is 0 Å². The van der Waals surface area contributed by atoms with E-state index in [0.29, 0.717) is 33.9 Å².